The summed E-state index contributed by atoms with van der Waals surface area (Å²) >= 11 is 0. The summed E-state index contributed by atoms with van der Waals surface area (Å²) in [5.74, 6) is 0. The lowest BCUT2D eigenvalue weighted by atomic mass is 10.2. The van der Waals surface area contributed by atoms with Crippen LogP contribution >= 0.6 is 7.14 Å². The van der Waals surface area contributed by atoms with Crippen molar-refractivity contribution in [3.8, 4) is 0 Å². The van der Waals surface area contributed by atoms with Crippen molar-refractivity contribution in [2.45, 2.75) is 31.1 Å². The van der Waals surface area contributed by atoms with Crippen molar-refractivity contribution in [3.63, 3.8) is 0 Å². The van der Waals surface area contributed by atoms with Crippen molar-refractivity contribution in [2.75, 3.05) is 19.7 Å². The minimum absolute atomic E-state index is 0.113. The molecule has 7 nitrogen and oxygen atoms in total. The van der Waals surface area contributed by atoms with E-state index >= 15 is 0 Å². The monoisotopic (exact) mass is 302 g/mol. The first-order chi connectivity index (χ1) is 9.26. The Morgan fingerprint density at radius 1 is 1.45 bits per heavy atom. The normalized spacial score (nSPS) is 26.9. The van der Waals surface area contributed by atoms with Crippen LogP contribution in [0.15, 0.2) is 21.9 Å². The van der Waals surface area contributed by atoms with Crippen molar-refractivity contribution in [1.29, 1.82) is 0 Å². The van der Waals surface area contributed by atoms with E-state index in [1.165, 1.54) is 16.8 Å². The quantitative estimate of drug-likeness (QED) is 0.774. The number of aliphatic hydroxyl groups excluding tert-OH is 1. The number of nitrogens with zero attached hydrogens (tertiary/aromatic N) is 1. The van der Waals surface area contributed by atoms with Crippen LogP contribution < -0.4 is 11.2 Å². The average molecular weight is 302 g/mol. The first-order valence-electron chi connectivity index (χ1n) is 6.41. The molecule has 1 fully saturated rings. The van der Waals surface area contributed by atoms with E-state index in [4.69, 9.17) is 4.74 Å². The lowest BCUT2D eigenvalue weighted by Gasteiger charge is -2.17. The maximum absolute atomic E-state index is 11.7. The molecule has 0 saturated heterocycles. The minimum Gasteiger partial charge on any atom is -0.390 e. The van der Waals surface area contributed by atoms with Gasteiger partial charge in [0.1, 0.15) is 7.14 Å². The van der Waals surface area contributed by atoms with Gasteiger partial charge < -0.3 is 14.4 Å². The third-order valence-corrected chi connectivity index (χ3v) is 4.06. The minimum atomic E-state index is -2.30. The van der Waals surface area contributed by atoms with Crippen molar-refractivity contribution in [3.05, 3.63) is 33.1 Å². The Labute approximate surface area is 116 Å². The number of aromatic amines is 1. The van der Waals surface area contributed by atoms with Gasteiger partial charge in [0.25, 0.3) is 5.56 Å². The van der Waals surface area contributed by atoms with Gasteiger partial charge in [0, 0.05) is 18.3 Å². The SMILES string of the molecule is CP(C)(=O)CO[C@@H]1C[C@H](n2ccc(=O)[nH]c2=O)C[C@@H]1O. The van der Waals surface area contributed by atoms with Gasteiger partial charge in [-0.1, -0.05) is 0 Å². The van der Waals surface area contributed by atoms with Crippen LogP contribution in [0.2, 0.25) is 0 Å². The molecule has 112 valence electrons. The molecule has 8 heteroatoms. The summed E-state index contributed by atoms with van der Waals surface area (Å²) in [6, 6.07) is 1.04. The molecule has 1 aromatic rings. The number of H-pyrrole nitrogens is 1. The summed E-state index contributed by atoms with van der Waals surface area (Å²) in [7, 11) is -2.30. The second-order valence-electron chi connectivity index (χ2n) is 5.62. The van der Waals surface area contributed by atoms with Crippen molar-refractivity contribution in [1.82, 2.24) is 9.55 Å². The third kappa shape index (κ3) is 3.69. The molecule has 2 rings (SSSR count). The molecule has 0 aromatic carbocycles. The van der Waals surface area contributed by atoms with Crippen LogP contribution in [0.5, 0.6) is 0 Å². The zero-order valence-corrected chi connectivity index (χ0v) is 12.4. The molecule has 1 aliphatic carbocycles. The number of nitrogens with one attached hydrogen (secondary N) is 1. The molecule has 0 unspecified atom stereocenters. The smallest absolute Gasteiger partial charge is 0.328 e. The number of hydrogen-bond donors (Lipinski definition) is 2. The van der Waals surface area contributed by atoms with Crippen LogP contribution in [0.4, 0.5) is 0 Å². The molecule has 0 spiro atoms. The molecule has 0 amide bonds. The van der Waals surface area contributed by atoms with Crippen molar-refractivity contribution >= 4 is 7.14 Å². The maximum Gasteiger partial charge on any atom is 0.328 e. The van der Waals surface area contributed by atoms with Crippen molar-refractivity contribution in [2.24, 2.45) is 0 Å². The molecule has 0 bridgehead atoms. The molecule has 1 aromatic heterocycles. The topological polar surface area (TPSA) is 101 Å². The Hall–Kier alpha value is -1.17. The molecule has 0 aliphatic heterocycles. The number of hydrogen-bond acceptors (Lipinski definition) is 5. The van der Waals surface area contributed by atoms with Crippen LogP contribution in [0.1, 0.15) is 18.9 Å². The Morgan fingerprint density at radius 3 is 2.75 bits per heavy atom. The summed E-state index contributed by atoms with van der Waals surface area (Å²) in [6.45, 7) is 3.25. The summed E-state index contributed by atoms with van der Waals surface area (Å²) in [5, 5.41) is 9.96. The first-order valence-corrected chi connectivity index (χ1v) is 9.20. The lowest BCUT2D eigenvalue weighted by Crippen LogP contribution is -2.31. The second-order valence-corrected chi connectivity index (χ2v) is 9.02. The number of rotatable bonds is 4. The fourth-order valence-electron chi connectivity index (χ4n) is 2.35. The highest BCUT2D eigenvalue weighted by atomic mass is 31.2. The second kappa shape index (κ2) is 5.68. The van der Waals surface area contributed by atoms with Gasteiger partial charge in [0.15, 0.2) is 0 Å². The number of aromatic nitrogens is 2. The van der Waals surface area contributed by atoms with Gasteiger partial charge >= 0.3 is 5.69 Å². The van der Waals surface area contributed by atoms with E-state index < -0.39 is 30.6 Å². The van der Waals surface area contributed by atoms with E-state index in [1.54, 1.807) is 13.3 Å². The highest BCUT2D eigenvalue weighted by Gasteiger charge is 2.35. The van der Waals surface area contributed by atoms with Gasteiger partial charge in [-0.2, -0.15) is 0 Å². The number of aliphatic hydroxyl groups is 1. The van der Waals surface area contributed by atoms with E-state index in [1.807, 2.05) is 0 Å². The van der Waals surface area contributed by atoms with Crippen molar-refractivity contribution < 1.29 is 14.4 Å². The zero-order chi connectivity index (χ0) is 14.9. The lowest BCUT2D eigenvalue weighted by molar-refractivity contribution is 0.000402. The Balaban J connectivity index is 2.08. The van der Waals surface area contributed by atoms with Crippen LogP contribution in [0.25, 0.3) is 0 Å². The van der Waals surface area contributed by atoms with Gasteiger partial charge in [0.05, 0.1) is 18.6 Å². The van der Waals surface area contributed by atoms with E-state index in [0.29, 0.717) is 12.8 Å². The average Bonchev–Trinajstić information content (AvgIpc) is 2.67. The highest BCUT2D eigenvalue weighted by molar-refractivity contribution is 7.62. The third-order valence-electron chi connectivity index (χ3n) is 3.29. The summed E-state index contributed by atoms with van der Waals surface area (Å²) in [4.78, 5) is 24.9. The van der Waals surface area contributed by atoms with E-state index in [9.17, 15) is 19.3 Å². The highest BCUT2D eigenvalue weighted by Crippen LogP contribution is 2.39. The molecule has 20 heavy (non-hydrogen) atoms. The summed E-state index contributed by atoms with van der Waals surface area (Å²) in [6.07, 6.45) is 1.21. The van der Waals surface area contributed by atoms with Gasteiger partial charge in [0.2, 0.25) is 0 Å². The molecule has 0 radical (unpaired) electrons. The Bertz CT molecular complexity index is 631. The predicted octanol–water partition coefficient (Wildman–Crippen LogP) is 0.198. The largest absolute Gasteiger partial charge is 0.390 e. The Kier molecular flexibility index (Phi) is 4.32. The molecule has 1 aliphatic rings. The van der Waals surface area contributed by atoms with Gasteiger partial charge in [-0.3, -0.25) is 14.3 Å². The fourth-order valence-corrected chi connectivity index (χ4v) is 2.90. The molecular weight excluding hydrogens is 283 g/mol. The standard InChI is InChI=1S/C12H19N2O5P/c1-20(2,18)7-19-10-6-8(5-9(10)15)14-4-3-11(16)13-12(14)17/h3-4,8-10,15H,5-7H2,1-2H3,(H,13,16,17)/t8-,9+,10-/m1/s1. The molecule has 3 atom stereocenters. The van der Waals surface area contributed by atoms with Gasteiger partial charge in [-0.05, 0) is 26.2 Å². The first kappa shape index (κ1) is 15.2. The number of ether oxygens (including phenoxy) is 1. The summed E-state index contributed by atoms with van der Waals surface area (Å²) < 4.78 is 18.5. The zero-order valence-electron chi connectivity index (χ0n) is 11.5. The van der Waals surface area contributed by atoms with E-state index in [-0.39, 0.29) is 12.4 Å². The molecule has 2 N–H and O–H groups in total. The van der Waals surface area contributed by atoms with E-state index in [0.717, 1.165) is 0 Å². The Morgan fingerprint density at radius 2 is 2.15 bits per heavy atom. The van der Waals surface area contributed by atoms with Crippen LogP contribution in [-0.2, 0) is 9.30 Å². The van der Waals surface area contributed by atoms with Crippen LogP contribution in [0.3, 0.4) is 0 Å². The van der Waals surface area contributed by atoms with E-state index in [2.05, 4.69) is 4.98 Å². The maximum atomic E-state index is 11.7. The fraction of sp³-hybridized carbons (Fsp3) is 0.667. The summed E-state index contributed by atoms with van der Waals surface area (Å²) in [5.41, 5.74) is -0.942. The van der Waals surface area contributed by atoms with Gasteiger partial charge in [-0.25, -0.2) is 4.79 Å². The van der Waals surface area contributed by atoms with Gasteiger partial charge in [-0.15, -0.1) is 0 Å². The van der Waals surface area contributed by atoms with Crippen LogP contribution in [0, 0.1) is 0 Å². The molecular formula is C12H19N2O5P. The van der Waals surface area contributed by atoms with Crippen LogP contribution in [-0.4, -0.2) is 46.5 Å². The predicted molar refractivity (Wildman–Crippen MR) is 74.8 cm³/mol. The molecule has 1 saturated carbocycles. The molecule has 1 heterocycles.